The maximum absolute atomic E-state index is 11.5. The highest BCUT2D eigenvalue weighted by atomic mass is 16.2. The molecule has 4 heteroatoms. The molecular formula is C11H20N2O2. The fourth-order valence-electron chi connectivity index (χ4n) is 1.85. The smallest absolute Gasteiger partial charge is 0.239 e. The van der Waals surface area contributed by atoms with Crippen molar-refractivity contribution >= 4 is 11.8 Å². The zero-order valence-electron chi connectivity index (χ0n) is 9.58. The van der Waals surface area contributed by atoms with Gasteiger partial charge in [-0.25, -0.2) is 0 Å². The predicted molar refractivity (Wildman–Crippen MR) is 58.3 cm³/mol. The summed E-state index contributed by atoms with van der Waals surface area (Å²) >= 11 is 0. The van der Waals surface area contributed by atoms with Crippen molar-refractivity contribution in [3.63, 3.8) is 0 Å². The Bertz CT molecular complexity index is 235. The van der Waals surface area contributed by atoms with Crippen molar-refractivity contribution in [3.8, 4) is 0 Å². The molecule has 86 valence electrons. The van der Waals surface area contributed by atoms with Crippen molar-refractivity contribution in [1.29, 1.82) is 0 Å². The topological polar surface area (TPSA) is 49.4 Å². The molecule has 0 aliphatic heterocycles. The second kappa shape index (κ2) is 5.73. The van der Waals surface area contributed by atoms with Crippen LogP contribution in [0.3, 0.4) is 0 Å². The molecule has 1 fully saturated rings. The van der Waals surface area contributed by atoms with Gasteiger partial charge in [-0.05, 0) is 12.8 Å². The molecule has 1 aliphatic carbocycles. The SMILES string of the molecule is CC(=O)N(C)CC(=O)NC1CCCCC1. The first-order chi connectivity index (χ1) is 7.09. The van der Waals surface area contributed by atoms with Crippen molar-refractivity contribution in [2.45, 2.75) is 45.1 Å². The summed E-state index contributed by atoms with van der Waals surface area (Å²) in [6, 6.07) is 0.326. The van der Waals surface area contributed by atoms with Crippen LogP contribution in [0.2, 0.25) is 0 Å². The second-order valence-corrected chi connectivity index (χ2v) is 4.28. The second-order valence-electron chi connectivity index (χ2n) is 4.28. The Morgan fingerprint density at radius 1 is 1.27 bits per heavy atom. The van der Waals surface area contributed by atoms with Crippen LogP contribution in [-0.2, 0) is 9.59 Å². The standard InChI is InChI=1S/C11H20N2O2/c1-9(14)13(2)8-11(15)12-10-6-4-3-5-7-10/h10H,3-8H2,1-2H3,(H,12,15). The van der Waals surface area contributed by atoms with Gasteiger partial charge in [-0.3, -0.25) is 9.59 Å². The van der Waals surface area contributed by atoms with E-state index in [0.717, 1.165) is 12.8 Å². The van der Waals surface area contributed by atoms with Crippen molar-refractivity contribution in [2.24, 2.45) is 0 Å². The maximum atomic E-state index is 11.5. The molecule has 4 nitrogen and oxygen atoms in total. The van der Waals surface area contributed by atoms with Crippen LogP contribution >= 0.6 is 0 Å². The molecule has 1 rings (SSSR count). The minimum absolute atomic E-state index is 0.0420. The average molecular weight is 212 g/mol. The summed E-state index contributed by atoms with van der Waals surface area (Å²) in [7, 11) is 1.64. The fourth-order valence-corrected chi connectivity index (χ4v) is 1.85. The summed E-state index contributed by atoms with van der Waals surface area (Å²) < 4.78 is 0. The summed E-state index contributed by atoms with van der Waals surface area (Å²) in [5, 5.41) is 2.97. The van der Waals surface area contributed by atoms with E-state index >= 15 is 0 Å². The van der Waals surface area contributed by atoms with Crippen LogP contribution in [0, 0.1) is 0 Å². The molecule has 2 amide bonds. The molecule has 0 aromatic rings. The molecule has 1 saturated carbocycles. The van der Waals surface area contributed by atoms with E-state index in [-0.39, 0.29) is 18.4 Å². The third-order valence-electron chi connectivity index (χ3n) is 2.89. The van der Waals surface area contributed by atoms with Gasteiger partial charge in [-0.15, -0.1) is 0 Å². The highest BCUT2D eigenvalue weighted by molar-refractivity contribution is 5.83. The van der Waals surface area contributed by atoms with E-state index in [0.29, 0.717) is 6.04 Å². The van der Waals surface area contributed by atoms with Gasteiger partial charge in [0.2, 0.25) is 11.8 Å². The van der Waals surface area contributed by atoms with Gasteiger partial charge in [0.15, 0.2) is 0 Å². The molecular weight excluding hydrogens is 192 g/mol. The number of carbonyl (C=O) groups is 2. The highest BCUT2D eigenvalue weighted by Crippen LogP contribution is 2.17. The van der Waals surface area contributed by atoms with E-state index in [4.69, 9.17) is 0 Å². The molecule has 0 spiro atoms. The van der Waals surface area contributed by atoms with E-state index in [1.54, 1.807) is 7.05 Å². The lowest BCUT2D eigenvalue weighted by molar-refractivity contribution is -0.133. The average Bonchev–Trinajstić information content (AvgIpc) is 2.18. The molecule has 0 heterocycles. The Labute approximate surface area is 91.0 Å². The van der Waals surface area contributed by atoms with Crippen LogP contribution in [0.1, 0.15) is 39.0 Å². The zero-order chi connectivity index (χ0) is 11.3. The number of nitrogens with zero attached hydrogens (tertiary/aromatic N) is 1. The monoisotopic (exact) mass is 212 g/mol. The van der Waals surface area contributed by atoms with Gasteiger partial charge in [0.05, 0.1) is 6.54 Å². The van der Waals surface area contributed by atoms with Gasteiger partial charge in [-0.1, -0.05) is 19.3 Å². The van der Waals surface area contributed by atoms with Crippen LogP contribution in [0.25, 0.3) is 0 Å². The van der Waals surface area contributed by atoms with Gasteiger partial charge in [0.25, 0.3) is 0 Å². The lowest BCUT2D eigenvalue weighted by Gasteiger charge is -2.24. The van der Waals surface area contributed by atoms with E-state index in [1.165, 1.54) is 31.1 Å². The van der Waals surface area contributed by atoms with Crippen LogP contribution in [0.15, 0.2) is 0 Å². The number of amides is 2. The molecule has 1 aliphatic rings. The van der Waals surface area contributed by atoms with Crippen molar-refractivity contribution < 1.29 is 9.59 Å². The number of hydrogen-bond donors (Lipinski definition) is 1. The number of hydrogen-bond acceptors (Lipinski definition) is 2. The first-order valence-electron chi connectivity index (χ1n) is 5.60. The van der Waals surface area contributed by atoms with E-state index in [2.05, 4.69) is 5.32 Å². The van der Waals surface area contributed by atoms with Crippen molar-refractivity contribution in [1.82, 2.24) is 10.2 Å². The lowest BCUT2D eigenvalue weighted by atomic mass is 9.95. The summed E-state index contributed by atoms with van der Waals surface area (Å²) in [6.07, 6.45) is 5.84. The first-order valence-corrected chi connectivity index (χ1v) is 5.60. The molecule has 1 N–H and O–H groups in total. The zero-order valence-corrected chi connectivity index (χ0v) is 9.58. The number of carbonyl (C=O) groups excluding carboxylic acids is 2. The summed E-state index contributed by atoms with van der Waals surface area (Å²) in [5.41, 5.74) is 0. The highest BCUT2D eigenvalue weighted by Gasteiger charge is 2.16. The van der Waals surface area contributed by atoms with Gasteiger partial charge in [0.1, 0.15) is 0 Å². The molecule has 0 saturated heterocycles. The van der Waals surface area contributed by atoms with Crippen LogP contribution in [-0.4, -0.2) is 36.3 Å². The molecule has 0 radical (unpaired) electrons. The van der Waals surface area contributed by atoms with Gasteiger partial charge < -0.3 is 10.2 Å². The lowest BCUT2D eigenvalue weighted by Crippen LogP contribution is -2.42. The molecule has 0 aromatic heterocycles. The quantitative estimate of drug-likeness (QED) is 0.756. The Morgan fingerprint density at radius 3 is 2.40 bits per heavy atom. The maximum Gasteiger partial charge on any atom is 0.239 e. The Hall–Kier alpha value is -1.06. The molecule has 0 bridgehead atoms. The molecule has 0 aromatic carbocycles. The van der Waals surface area contributed by atoms with E-state index in [9.17, 15) is 9.59 Å². The molecule has 0 atom stereocenters. The first kappa shape index (κ1) is 12.0. The largest absolute Gasteiger partial charge is 0.352 e. The van der Waals surface area contributed by atoms with Gasteiger partial charge in [-0.2, -0.15) is 0 Å². The van der Waals surface area contributed by atoms with Crippen LogP contribution in [0.4, 0.5) is 0 Å². The third-order valence-corrected chi connectivity index (χ3v) is 2.89. The van der Waals surface area contributed by atoms with E-state index in [1.807, 2.05) is 0 Å². The summed E-state index contributed by atoms with van der Waals surface area (Å²) in [6.45, 7) is 1.64. The van der Waals surface area contributed by atoms with Crippen LogP contribution < -0.4 is 5.32 Å². The predicted octanol–water partition coefficient (Wildman–Crippen LogP) is 0.914. The molecule has 0 unspecified atom stereocenters. The Morgan fingerprint density at radius 2 is 1.87 bits per heavy atom. The van der Waals surface area contributed by atoms with Crippen molar-refractivity contribution in [3.05, 3.63) is 0 Å². The minimum Gasteiger partial charge on any atom is -0.352 e. The number of likely N-dealkylation sites (N-methyl/N-ethyl adjacent to an activating group) is 1. The third kappa shape index (κ3) is 4.32. The Balaban J connectivity index is 2.25. The molecule has 15 heavy (non-hydrogen) atoms. The summed E-state index contributed by atoms with van der Waals surface area (Å²) in [5.74, 6) is -0.117. The minimum atomic E-state index is -0.0752. The normalized spacial score (nSPS) is 17.2. The summed E-state index contributed by atoms with van der Waals surface area (Å²) in [4.78, 5) is 23.9. The van der Waals surface area contributed by atoms with Crippen LogP contribution in [0.5, 0.6) is 0 Å². The number of nitrogens with one attached hydrogen (secondary N) is 1. The Kier molecular flexibility index (Phi) is 4.59. The van der Waals surface area contributed by atoms with Gasteiger partial charge in [0, 0.05) is 20.0 Å². The number of rotatable bonds is 3. The van der Waals surface area contributed by atoms with Gasteiger partial charge >= 0.3 is 0 Å². The fraction of sp³-hybridized carbons (Fsp3) is 0.818. The van der Waals surface area contributed by atoms with E-state index < -0.39 is 0 Å². The van der Waals surface area contributed by atoms with Crippen molar-refractivity contribution in [2.75, 3.05) is 13.6 Å².